The van der Waals surface area contributed by atoms with Crippen molar-refractivity contribution in [1.29, 1.82) is 0 Å². The van der Waals surface area contributed by atoms with E-state index >= 15 is 0 Å². The summed E-state index contributed by atoms with van der Waals surface area (Å²) < 4.78 is 10.9. The van der Waals surface area contributed by atoms with E-state index in [0.29, 0.717) is 11.8 Å². The minimum absolute atomic E-state index is 0.305. The largest absolute Gasteiger partial charge is 0.308 e. The van der Waals surface area contributed by atoms with Crippen LogP contribution >= 0.6 is 11.3 Å². The van der Waals surface area contributed by atoms with Crippen LogP contribution in [0.1, 0.15) is 28.5 Å². The smallest absolute Gasteiger partial charge is 0.0900 e. The standard InChI is InChI=1S/C10H18N2OS2/c1-7(11-5-6-15(4)13)10-8(2)12-9(3)14-10/h7,11H,5-6H2,1-4H3. The molecule has 1 aromatic heterocycles. The second-order valence-electron chi connectivity index (χ2n) is 3.64. The molecule has 0 amide bonds. The summed E-state index contributed by atoms with van der Waals surface area (Å²) in [6.45, 7) is 6.98. The molecule has 0 bridgehead atoms. The lowest BCUT2D eigenvalue weighted by atomic mass is 10.2. The Morgan fingerprint density at radius 2 is 2.20 bits per heavy atom. The van der Waals surface area contributed by atoms with Gasteiger partial charge in [0.15, 0.2) is 0 Å². The maximum Gasteiger partial charge on any atom is 0.0900 e. The summed E-state index contributed by atoms with van der Waals surface area (Å²) in [5, 5.41) is 4.47. The van der Waals surface area contributed by atoms with E-state index in [4.69, 9.17) is 0 Å². The zero-order valence-corrected chi connectivity index (χ0v) is 11.3. The monoisotopic (exact) mass is 246 g/mol. The van der Waals surface area contributed by atoms with E-state index in [2.05, 4.69) is 17.2 Å². The number of aryl methyl sites for hydroxylation is 2. The normalized spacial score (nSPS) is 15.2. The molecule has 2 atom stereocenters. The molecular formula is C10H18N2OS2. The third kappa shape index (κ3) is 4.01. The SMILES string of the molecule is Cc1nc(C)c(C(C)NCCS(C)=O)s1. The fourth-order valence-electron chi connectivity index (χ4n) is 1.46. The van der Waals surface area contributed by atoms with Crippen LogP contribution in [0.5, 0.6) is 0 Å². The molecule has 0 saturated heterocycles. The lowest BCUT2D eigenvalue weighted by molar-refractivity contribution is 0.602. The summed E-state index contributed by atoms with van der Waals surface area (Å²) >= 11 is 1.73. The number of hydrogen-bond acceptors (Lipinski definition) is 4. The zero-order valence-electron chi connectivity index (χ0n) is 9.66. The highest BCUT2D eigenvalue weighted by Gasteiger charge is 2.11. The van der Waals surface area contributed by atoms with Crippen LogP contribution < -0.4 is 5.32 Å². The van der Waals surface area contributed by atoms with Crippen molar-refractivity contribution in [3.05, 3.63) is 15.6 Å². The molecule has 2 unspecified atom stereocenters. The highest BCUT2D eigenvalue weighted by Crippen LogP contribution is 2.23. The summed E-state index contributed by atoms with van der Waals surface area (Å²) in [5.74, 6) is 0.709. The Labute approximate surface area is 97.8 Å². The van der Waals surface area contributed by atoms with Gasteiger partial charge >= 0.3 is 0 Å². The molecule has 1 rings (SSSR count). The van der Waals surface area contributed by atoms with Crippen molar-refractivity contribution >= 4 is 22.1 Å². The predicted molar refractivity (Wildman–Crippen MR) is 66.9 cm³/mol. The van der Waals surface area contributed by atoms with Crippen LogP contribution in [0.15, 0.2) is 0 Å². The molecule has 0 saturated carbocycles. The summed E-state index contributed by atoms with van der Waals surface area (Å²) in [5.41, 5.74) is 1.11. The molecule has 0 fully saturated rings. The van der Waals surface area contributed by atoms with Gasteiger partial charge in [-0.3, -0.25) is 4.21 Å². The quantitative estimate of drug-likeness (QED) is 0.861. The van der Waals surface area contributed by atoms with Crippen LogP contribution in [0.3, 0.4) is 0 Å². The molecule has 1 N–H and O–H groups in total. The van der Waals surface area contributed by atoms with Crippen LogP contribution in [-0.4, -0.2) is 27.7 Å². The Morgan fingerprint density at radius 1 is 1.53 bits per heavy atom. The van der Waals surface area contributed by atoms with Crippen molar-refractivity contribution < 1.29 is 4.21 Å². The average Bonchev–Trinajstić information content (AvgIpc) is 2.44. The average molecular weight is 246 g/mol. The Bertz CT molecular complexity index is 349. The lowest BCUT2D eigenvalue weighted by Gasteiger charge is -2.11. The minimum atomic E-state index is -0.713. The van der Waals surface area contributed by atoms with Crippen molar-refractivity contribution in [2.24, 2.45) is 0 Å². The molecule has 86 valence electrons. The van der Waals surface area contributed by atoms with E-state index in [1.54, 1.807) is 17.6 Å². The molecule has 0 aliphatic heterocycles. The third-order valence-corrected chi connectivity index (χ3v) is 4.21. The van der Waals surface area contributed by atoms with E-state index in [1.807, 2.05) is 13.8 Å². The first-order chi connectivity index (χ1) is 7.00. The van der Waals surface area contributed by atoms with Crippen molar-refractivity contribution in [1.82, 2.24) is 10.3 Å². The Balaban J connectivity index is 2.50. The van der Waals surface area contributed by atoms with Crippen molar-refractivity contribution in [2.75, 3.05) is 18.6 Å². The predicted octanol–water partition coefficient (Wildman–Crippen LogP) is 1.79. The van der Waals surface area contributed by atoms with Gasteiger partial charge in [0, 0.05) is 40.3 Å². The zero-order chi connectivity index (χ0) is 11.4. The van der Waals surface area contributed by atoms with Gasteiger partial charge < -0.3 is 5.32 Å². The summed E-state index contributed by atoms with van der Waals surface area (Å²) in [4.78, 5) is 5.68. The van der Waals surface area contributed by atoms with Gasteiger partial charge in [-0.05, 0) is 20.8 Å². The maximum atomic E-state index is 10.9. The summed E-state index contributed by atoms with van der Waals surface area (Å²) in [6.07, 6.45) is 1.73. The van der Waals surface area contributed by atoms with Crippen molar-refractivity contribution in [3.63, 3.8) is 0 Å². The Hall–Kier alpha value is -0.260. The van der Waals surface area contributed by atoms with Gasteiger partial charge in [-0.1, -0.05) is 0 Å². The van der Waals surface area contributed by atoms with E-state index in [0.717, 1.165) is 17.2 Å². The fraction of sp³-hybridized carbons (Fsp3) is 0.700. The number of thiazole rings is 1. The van der Waals surface area contributed by atoms with Crippen molar-refractivity contribution in [3.8, 4) is 0 Å². The Morgan fingerprint density at radius 3 is 2.67 bits per heavy atom. The highest BCUT2D eigenvalue weighted by molar-refractivity contribution is 7.84. The number of hydrogen-bond donors (Lipinski definition) is 1. The maximum absolute atomic E-state index is 10.9. The van der Waals surface area contributed by atoms with E-state index in [9.17, 15) is 4.21 Å². The number of nitrogens with one attached hydrogen (secondary N) is 1. The molecule has 0 aliphatic carbocycles. The fourth-order valence-corrected chi connectivity index (χ4v) is 2.82. The molecule has 0 spiro atoms. The second kappa shape index (κ2) is 5.72. The molecule has 5 heteroatoms. The molecule has 0 aliphatic rings. The first-order valence-electron chi connectivity index (χ1n) is 4.98. The second-order valence-corrected chi connectivity index (χ2v) is 6.43. The van der Waals surface area contributed by atoms with Gasteiger partial charge in [0.25, 0.3) is 0 Å². The van der Waals surface area contributed by atoms with Crippen molar-refractivity contribution in [2.45, 2.75) is 26.8 Å². The molecule has 0 aromatic carbocycles. The summed E-state index contributed by atoms with van der Waals surface area (Å²) in [6, 6.07) is 0.305. The van der Waals surface area contributed by atoms with Gasteiger partial charge in [0.05, 0.1) is 10.7 Å². The van der Waals surface area contributed by atoms with Gasteiger partial charge in [-0.2, -0.15) is 0 Å². The minimum Gasteiger partial charge on any atom is -0.308 e. The first kappa shape index (κ1) is 12.8. The molecule has 1 aromatic rings. The van der Waals surface area contributed by atoms with Gasteiger partial charge in [0.1, 0.15) is 0 Å². The van der Waals surface area contributed by atoms with Crippen LogP contribution in [0.25, 0.3) is 0 Å². The number of aromatic nitrogens is 1. The number of rotatable bonds is 5. The third-order valence-electron chi connectivity index (χ3n) is 2.17. The summed E-state index contributed by atoms with van der Waals surface area (Å²) in [7, 11) is -0.713. The van der Waals surface area contributed by atoms with Gasteiger partial charge in [0.2, 0.25) is 0 Å². The van der Waals surface area contributed by atoms with Crippen LogP contribution in [0, 0.1) is 13.8 Å². The van der Waals surface area contributed by atoms with E-state index < -0.39 is 10.8 Å². The van der Waals surface area contributed by atoms with Crippen LogP contribution in [0.4, 0.5) is 0 Å². The lowest BCUT2D eigenvalue weighted by Crippen LogP contribution is -2.23. The molecular weight excluding hydrogens is 228 g/mol. The van der Waals surface area contributed by atoms with Crippen LogP contribution in [-0.2, 0) is 10.8 Å². The van der Waals surface area contributed by atoms with Gasteiger partial charge in [-0.25, -0.2) is 4.98 Å². The number of nitrogens with zero attached hydrogens (tertiary/aromatic N) is 1. The highest BCUT2D eigenvalue weighted by atomic mass is 32.2. The topological polar surface area (TPSA) is 42.0 Å². The first-order valence-corrected chi connectivity index (χ1v) is 7.52. The molecule has 1 heterocycles. The molecule has 3 nitrogen and oxygen atoms in total. The van der Waals surface area contributed by atoms with E-state index in [1.165, 1.54) is 4.88 Å². The van der Waals surface area contributed by atoms with Gasteiger partial charge in [-0.15, -0.1) is 11.3 Å². The van der Waals surface area contributed by atoms with Crippen LogP contribution in [0.2, 0.25) is 0 Å². The Kier molecular flexibility index (Phi) is 4.89. The molecule has 0 radical (unpaired) electrons. The molecule has 15 heavy (non-hydrogen) atoms. The van der Waals surface area contributed by atoms with E-state index in [-0.39, 0.29) is 0 Å².